The monoisotopic (exact) mass is 486 g/mol. The summed E-state index contributed by atoms with van der Waals surface area (Å²) >= 11 is 3.62. The Bertz CT molecular complexity index is 1870. The molecule has 0 saturated carbocycles. The van der Waals surface area contributed by atoms with Gasteiger partial charge in [-0.05, 0) is 70.5 Å². The van der Waals surface area contributed by atoms with Crippen molar-refractivity contribution in [2.45, 2.75) is 13.3 Å². The third-order valence-electron chi connectivity index (χ3n) is 7.01. The van der Waals surface area contributed by atoms with E-state index in [1.54, 1.807) is 11.3 Å². The van der Waals surface area contributed by atoms with Crippen LogP contribution in [0, 0.1) is 5.92 Å². The molecule has 2 heterocycles. The summed E-state index contributed by atoms with van der Waals surface area (Å²) in [6, 6.07) is 29.6. The van der Waals surface area contributed by atoms with E-state index in [4.69, 9.17) is 0 Å². The van der Waals surface area contributed by atoms with Crippen LogP contribution in [-0.2, 0) is 6.42 Å². The van der Waals surface area contributed by atoms with Crippen molar-refractivity contribution in [3.63, 3.8) is 0 Å². The van der Waals surface area contributed by atoms with Crippen LogP contribution >= 0.6 is 22.7 Å². The van der Waals surface area contributed by atoms with Crippen molar-refractivity contribution >= 4 is 59.0 Å². The summed E-state index contributed by atoms with van der Waals surface area (Å²) in [7, 11) is 0. The van der Waals surface area contributed by atoms with Crippen LogP contribution in [0.15, 0.2) is 95.8 Å². The van der Waals surface area contributed by atoms with Gasteiger partial charge in [-0.25, -0.2) is 0 Å². The van der Waals surface area contributed by atoms with Crippen molar-refractivity contribution in [1.29, 1.82) is 0 Å². The number of rotatable bonds is 2. The lowest BCUT2D eigenvalue weighted by atomic mass is 9.94. The Morgan fingerprint density at radius 2 is 1.49 bits per heavy atom. The van der Waals surface area contributed by atoms with Crippen LogP contribution in [0.1, 0.15) is 17.4 Å². The Morgan fingerprint density at radius 3 is 2.43 bits per heavy atom. The minimum absolute atomic E-state index is 0.114. The molecule has 4 aromatic carbocycles. The highest BCUT2D eigenvalue weighted by atomic mass is 32.1. The molecule has 1 nitrogen and oxygen atoms in total. The summed E-state index contributed by atoms with van der Waals surface area (Å²) in [5.74, 6) is 0.596. The molecule has 0 saturated heterocycles. The maximum atomic E-state index is 13.2. The molecule has 1 aliphatic rings. The molecule has 1 aliphatic carbocycles. The lowest BCUT2D eigenvalue weighted by Crippen LogP contribution is -2.00. The van der Waals surface area contributed by atoms with Gasteiger partial charge in [-0.1, -0.05) is 73.7 Å². The number of thiophene rings is 1. The summed E-state index contributed by atoms with van der Waals surface area (Å²) in [5.41, 5.74) is 6.22. The predicted octanol–water partition coefficient (Wildman–Crippen LogP) is 9.17. The molecule has 3 heteroatoms. The maximum Gasteiger partial charge on any atom is 0.195 e. The van der Waals surface area contributed by atoms with Gasteiger partial charge in [0.05, 0.1) is 0 Å². The molecule has 0 amide bonds. The summed E-state index contributed by atoms with van der Waals surface area (Å²) in [6.07, 6.45) is 5.76. The molecule has 7 rings (SSSR count). The van der Waals surface area contributed by atoms with E-state index >= 15 is 0 Å². The molecule has 0 fully saturated rings. The van der Waals surface area contributed by atoms with Crippen molar-refractivity contribution in [1.82, 2.24) is 0 Å². The molecule has 6 aromatic rings. The normalized spacial score (nSPS) is 15.2. The lowest BCUT2D eigenvalue weighted by molar-refractivity contribution is 0.728. The average Bonchev–Trinajstić information content (AvgIpc) is 3.26. The second-order valence-electron chi connectivity index (χ2n) is 9.38. The topological polar surface area (TPSA) is 17.1 Å². The zero-order valence-electron chi connectivity index (χ0n) is 19.2. The molecular weight excluding hydrogens is 464 g/mol. The van der Waals surface area contributed by atoms with E-state index < -0.39 is 0 Å². The number of fused-ring (bicyclic) bond motifs is 5. The minimum atomic E-state index is 0.114. The van der Waals surface area contributed by atoms with Gasteiger partial charge in [0, 0.05) is 35.1 Å². The van der Waals surface area contributed by atoms with Crippen LogP contribution < -0.4 is 5.43 Å². The van der Waals surface area contributed by atoms with Crippen molar-refractivity contribution < 1.29 is 0 Å². The fourth-order valence-electron chi connectivity index (χ4n) is 5.22. The smallest absolute Gasteiger partial charge is 0.195 e. The van der Waals surface area contributed by atoms with Gasteiger partial charge in [-0.15, -0.1) is 22.7 Å². The van der Waals surface area contributed by atoms with Gasteiger partial charge in [0.15, 0.2) is 5.43 Å². The highest BCUT2D eigenvalue weighted by Crippen LogP contribution is 2.42. The Hall–Kier alpha value is -3.53. The van der Waals surface area contributed by atoms with Gasteiger partial charge >= 0.3 is 0 Å². The van der Waals surface area contributed by atoms with E-state index in [1.165, 1.54) is 31.7 Å². The number of allylic oxidation sites excluding steroid dienone is 1. The molecule has 0 N–H and O–H groups in total. The van der Waals surface area contributed by atoms with Crippen LogP contribution in [-0.4, -0.2) is 0 Å². The predicted molar refractivity (Wildman–Crippen MR) is 154 cm³/mol. The summed E-state index contributed by atoms with van der Waals surface area (Å²) in [5, 5.41) is 2.95. The lowest BCUT2D eigenvalue weighted by Gasteiger charge is -2.11. The molecule has 0 aliphatic heterocycles. The van der Waals surface area contributed by atoms with Crippen molar-refractivity contribution in [3.05, 3.63) is 112 Å². The Labute approximate surface area is 211 Å². The van der Waals surface area contributed by atoms with Gasteiger partial charge in [-0.2, -0.15) is 0 Å². The second-order valence-corrected chi connectivity index (χ2v) is 11.6. The average molecular weight is 487 g/mol. The van der Waals surface area contributed by atoms with Crippen LogP contribution in [0.25, 0.3) is 58.6 Å². The number of hydrogen-bond donors (Lipinski definition) is 0. The van der Waals surface area contributed by atoms with Gasteiger partial charge in [0.2, 0.25) is 0 Å². The van der Waals surface area contributed by atoms with E-state index in [-0.39, 0.29) is 5.43 Å². The Morgan fingerprint density at radius 1 is 0.714 bits per heavy atom. The second kappa shape index (κ2) is 8.01. The van der Waals surface area contributed by atoms with E-state index in [9.17, 15) is 4.79 Å². The molecule has 35 heavy (non-hydrogen) atoms. The van der Waals surface area contributed by atoms with E-state index in [0.717, 1.165) is 37.7 Å². The molecular formula is C32H22OS2. The van der Waals surface area contributed by atoms with Crippen LogP contribution in [0.4, 0.5) is 0 Å². The third kappa shape index (κ3) is 3.38. The third-order valence-corrected chi connectivity index (χ3v) is 9.44. The zero-order chi connectivity index (χ0) is 23.5. The maximum absolute atomic E-state index is 13.2. The fraction of sp³-hybridized carbons (Fsp3) is 0.0938. The summed E-state index contributed by atoms with van der Waals surface area (Å²) in [6.45, 7) is 2.29. The highest BCUT2D eigenvalue weighted by Gasteiger charge is 2.18. The number of hydrogen-bond acceptors (Lipinski definition) is 3. The minimum Gasteiger partial charge on any atom is -0.289 e. The zero-order valence-corrected chi connectivity index (χ0v) is 20.9. The van der Waals surface area contributed by atoms with Crippen molar-refractivity contribution in [2.75, 3.05) is 0 Å². The molecule has 1 atom stereocenters. The molecule has 2 aromatic heterocycles. The molecule has 1 unspecified atom stereocenters. The Balaban J connectivity index is 1.37. The van der Waals surface area contributed by atoms with Crippen molar-refractivity contribution in [3.8, 4) is 22.3 Å². The molecule has 0 spiro atoms. The first-order chi connectivity index (χ1) is 17.2. The van der Waals surface area contributed by atoms with Crippen molar-refractivity contribution in [2.24, 2.45) is 5.92 Å². The summed E-state index contributed by atoms with van der Waals surface area (Å²) in [4.78, 5) is 14.7. The first kappa shape index (κ1) is 20.8. The SMILES string of the molecule is CC1C=Cc2c(sc3c(-c4cccc(-c5ccc6sc7ccccc7c(=O)c6c5)c4)cccc23)C1. The highest BCUT2D eigenvalue weighted by molar-refractivity contribution is 7.24. The Kier molecular flexibility index (Phi) is 4.76. The quantitative estimate of drug-likeness (QED) is 0.223. The van der Waals surface area contributed by atoms with Gasteiger partial charge in [0.1, 0.15) is 0 Å². The van der Waals surface area contributed by atoms with Crippen LogP contribution in [0.2, 0.25) is 0 Å². The van der Waals surface area contributed by atoms with E-state index in [1.807, 2.05) is 35.6 Å². The standard InChI is InChI=1S/C32H22OS2/c1-19-12-14-24-25-10-5-9-23(32(25)35-30(24)16-19)22-7-4-6-20(17-22)21-13-15-29-27(18-21)31(33)26-8-2-3-11-28(26)34-29/h2-15,17-19H,16H2,1H3. The fourth-order valence-corrected chi connectivity index (χ4v) is 7.74. The van der Waals surface area contributed by atoms with Crippen LogP contribution in [0.3, 0.4) is 0 Å². The van der Waals surface area contributed by atoms with E-state index in [2.05, 4.69) is 79.7 Å². The van der Waals surface area contributed by atoms with E-state index in [0.29, 0.717) is 5.92 Å². The van der Waals surface area contributed by atoms with Crippen LogP contribution in [0.5, 0.6) is 0 Å². The largest absolute Gasteiger partial charge is 0.289 e. The molecule has 168 valence electrons. The number of benzene rings is 4. The first-order valence-corrected chi connectivity index (χ1v) is 13.6. The van der Waals surface area contributed by atoms with Gasteiger partial charge in [0.25, 0.3) is 0 Å². The first-order valence-electron chi connectivity index (χ1n) is 11.9. The van der Waals surface area contributed by atoms with Gasteiger partial charge < -0.3 is 0 Å². The summed E-state index contributed by atoms with van der Waals surface area (Å²) < 4.78 is 3.43. The molecule has 0 radical (unpaired) electrons. The van der Waals surface area contributed by atoms with Gasteiger partial charge in [-0.3, -0.25) is 4.79 Å². The molecule has 0 bridgehead atoms.